The number of amides is 1. The van der Waals surface area contributed by atoms with Gasteiger partial charge in [0.25, 0.3) is 5.91 Å². The van der Waals surface area contributed by atoms with Crippen LogP contribution in [0.15, 0.2) is 60.5 Å². The summed E-state index contributed by atoms with van der Waals surface area (Å²) in [7, 11) is 1.94. The summed E-state index contributed by atoms with van der Waals surface area (Å²) in [5.74, 6) is 0.144. The molecule has 0 spiro atoms. The van der Waals surface area contributed by atoms with Crippen LogP contribution < -0.4 is 11.1 Å². The summed E-state index contributed by atoms with van der Waals surface area (Å²) in [6, 6.07) is 12.4. The third-order valence-corrected chi connectivity index (χ3v) is 7.28. The van der Waals surface area contributed by atoms with Crippen LogP contribution >= 0.6 is 11.3 Å². The van der Waals surface area contributed by atoms with Gasteiger partial charge in [-0.25, -0.2) is 9.97 Å². The van der Waals surface area contributed by atoms with Gasteiger partial charge in [0, 0.05) is 41.2 Å². The van der Waals surface area contributed by atoms with Crippen LogP contribution in [0.4, 0.5) is 11.5 Å². The number of nitrogens with two attached hydrogens (primary N) is 1. The van der Waals surface area contributed by atoms with Crippen molar-refractivity contribution in [3.8, 4) is 0 Å². The molecule has 0 fully saturated rings. The maximum Gasteiger partial charge on any atom is 0.258 e. The van der Waals surface area contributed by atoms with Crippen LogP contribution in [0.1, 0.15) is 27.2 Å². The van der Waals surface area contributed by atoms with E-state index in [1.54, 1.807) is 11.6 Å². The molecule has 35 heavy (non-hydrogen) atoms. The zero-order chi connectivity index (χ0) is 24.1. The monoisotopic (exact) mass is 479 g/mol. The van der Waals surface area contributed by atoms with Gasteiger partial charge in [0.05, 0.1) is 38.9 Å². The Bertz CT molecular complexity index is 1770. The lowest BCUT2D eigenvalue weighted by Crippen LogP contribution is -2.13. The van der Waals surface area contributed by atoms with Gasteiger partial charge in [-0.1, -0.05) is 24.3 Å². The first-order valence-electron chi connectivity index (χ1n) is 11.1. The van der Waals surface area contributed by atoms with E-state index in [1.807, 2.05) is 37.0 Å². The minimum Gasteiger partial charge on any atom is -0.382 e. The average Bonchev–Trinajstić information content (AvgIpc) is 3.46. The molecule has 0 saturated carbocycles. The number of nitrogens with zero attached hydrogens (tertiary/aromatic N) is 5. The Kier molecular flexibility index (Phi) is 4.93. The SMILES string of the molecule is Cc1ccc2c(Cc3ccc4cnn(C)c4c3)nccc2c1NC(=O)c1csc2c(N)ncnc12. The van der Waals surface area contributed by atoms with Crippen LogP contribution in [-0.2, 0) is 13.5 Å². The Hall–Kier alpha value is -4.37. The van der Waals surface area contributed by atoms with E-state index in [9.17, 15) is 4.79 Å². The molecule has 0 saturated heterocycles. The number of aromatic nitrogens is 5. The van der Waals surface area contributed by atoms with Gasteiger partial charge in [-0.15, -0.1) is 11.3 Å². The Morgan fingerprint density at radius 1 is 1.11 bits per heavy atom. The molecule has 9 heteroatoms. The van der Waals surface area contributed by atoms with Crippen molar-refractivity contribution in [1.82, 2.24) is 24.7 Å². The fourth-order valence-electron chi connectivity index (χ4n) is 4.44. The van der Waals surface area contributed by atoms with Crippen molar-refractivity contribution in [2.75, 3.05) is 11.1 Å². The van der Waals surface area contributed by atoms with Crippen LogP contribution in [0.3, 0.4) is 0 Å². The minimum absolute atomic E-state index is 0.232. The van der Waals surface area contributed by atoms with Crippen molar-refractivity contribution in [1.29, 1.82) is 0 Å². The van der Waals surface area contributed by atoms with Gasteiger partial charge in [0.15, 0.2) is 0 Å². The molecular weight excluding hydrogens is 458 g/mol. The molecule has 6 aromatic rings. The van der Waals surface area contributed by atoms with Gasteiger partial charge < -0.3 is 11.1 Å². The first-order valence-corrected chi connectivity index (χ1v) is 11.9. The number of nitrogen functional groups attached to an aromatic ring is 1. The van der Waals surface area contributed by atoms with Gasteiger partial charge >= 0.3 is 0 Å². The molecule has 0 unspecified atom stereocenters. The van der Waals surface area contributed by atoms with Crippen molar-refractivity contribution in [2.45, 2.75) is 13.3 Å². The van der Waals surface area contributed by atoms with Crippen molar-refractivity contribution < 1.29 is 4.79 Å². The molecule has 172 valence electrons. The molecule has 6 rings (SSSR count). The number of benzene rings is 2. The topological polar surface area (TPSA) is 112 Å². The normalized spacial score (nSPS) is 11.5. The number of carbonyl (C=O) groups excluding carboxylic acids is 1. The second-order valence-electron chi connectivity index (χ2n) is 8.49. The first kappa shape index (κ1) is 21.2. The molecule has 1 amide bonds. The van der Waals surface area contributed by atoms with Crippen LogP contribution in [0.2, 0.25) is 0 Å². The highest BCUT2D eigenvalue weighted by atomic mass is 32.1. The molecule has 2 aromatic carbocycles. The smallest absolute Gasteiger partial charge is 0.258 e. The van der Waals surface area contributed by atoms with E-state index >= 15 is 0 Å². The predicted octanol–water partition coefficient (Wildman–Crippen LogP) is 4.86. The Labute approximate surface area is 204 Å². The number of pyridine rings is 1. The van der Waals surface area contributed by atoms with Crippen molar-refractivity contribution >= 4 is 60.6 Å². The molecule has 0 bridgehead atoms. The summed E-state index contributed by atoms with van der Waals surface area (Å²) in [4.78, 5) is 26.2. The number of fused-ring (bicyclic) bond motifs is 3. The molecule has 4 heterocycles. The highest BCUT2D eigenvalue weighted by molar-refractivity contribution is 7.18. The average molecular weight is 480 g/mol. The lowest BCUT2D eigenvalue weighted by molar-refractivity contribution is 0.102. The molecule has 0 aliphatic heterocycles. The van der Waals surface area contributed by atoms with Crippen LogP contribution in [-0.4, -0.2) is 30.6 Å². The predicted molar refractivity (Wildman–Crippen MR) is 140 cm³/mol. The fraction of sp³-hybridized carbons (Fsp3) is 0.115. The third-order valence-electron chi connectivity index (χ3n) is 6.29. The highest BCUT2D eigenvalue weighted by Crippen LogP contribution is 2.32. The van der Waals surface area contributed by atoms with Gasteiger partial charge in [0.1, 0.15) is 12.1 Å². The van der Waals surface area contributed by atoms with Crippen molar-refractivity contribution in [2.24, 2.45) is 7.05 Å². The van der Waals surface area contributed by atoms with Crippen LogP contribution in [0.5, 0.6) is 0 Å². The number of rotatable bonds is 4. The number of hydrogen-bond donors (Lipinski definition) is 2. The van der Waals surface area contributed by atoms with E-state index in [-0.39, 0.29) is 5.91 Å². The van der Waals surface area contributed by atoms with Gasteiger partial charge in [-0.3, -0.25) is 14.5 Å². The molecule has 0 aliphatic carbocycles. The molecule has 3 N–H and O–H groups in total. The number of anilines is 2. The maximum absolute atomic E-state index is 13.3. The maximum atomic E-state index is 13.3. The second kappa shape index (κ2) is 8.14. The van der Waals surface area contributed by atoms with Gasteiger partial charge in [-0.05, 0) is 30.2 Å². The molecular formula is C26H21N7OS. The van der Waals surface area contributed by atoms with Crippen LogP contribution in [0.25, 0.3) is 31.9 Å². The van der Waals surface area contributed by atoms with E-state index in [4.69, 9.17) is 5.73 Å². The third kappa shape index (κ3) is 3.57. The molecule has 4 aromatic heterocycles. The van der Waals surface area contributed by atoms with E-state index < -0.39 is 0 Å². The van der Waals surface area contributed by atoms with Gasteiger partial charge in [-0.2, -0.15) is 5.10 Å². The second-order valence-corrected chi connectivity index (χ2v) is 9.37. The fourth-order valence-corrected chi connectivity index (χ4v) is 5.34. The summed E-state index contributed by atoms with van der Waals surface area (Å²) in [6.07, 6.45) is 5.71. The molecule has 8 nitrogen and oxygen atoms in total. The van der Waals surface area contributed by atoms with Crippen LogP contribution in [0, 0.1) is 6.92 Å². The number of nitrogens with one attached hydrogen (secondary N) is 1. The largest absolute Gasteiger partial charge is 0.382 e. The number of thiophene rings is 1. The molecule has 0 atom stereocenters. The van der Waals surface area contributed by atoms with E-state index in [0.717, 1.165) is 44.2 Å². The van der Waals surface area contributed by atoms with Gasteiger partial charge in [0.2, 0.25) is 0 Å². The Balaban J connectivity index is 1.38. The Morgan fingerprint density at radius 2 is 2.00 bits per heavy atom. The highest BCUT2D eigenvalue weighted by Gasteiger charge is 2.18. The van der Waals surface area contributed by atoms with Crippen molar-refractivity contribution in [3.63, 3.8) is 0 Å². The van der Waals surface area contributed by atoms with Crippen molar-refractivity contribution in [3.05, 3.63) is 82.9 Å². The minimum atomic E-state index is -0.232. The summed E-state index contributed by atoms with van der Waals surface area (Å²) >= 11 is 1.37. The number of hydrogen-bond acceptors (Lipinski definition) is 7. The standard InChI is InChI=1S/C26H21N7OS/c1-14-3-6-17-18(22(14)32-26(34)19-12-35-24-23(19)29-13-30-25(24)27)7-8-28-20(17)9-15-4-5-16-11-31-33(2)21(16)10-15/h3-8,10-13H,9H2,1-2H3,(H,32,34)(H2,27,29,30). The summed E-state index contributed by atoms with van der Waals surface area (Å²) in [6.45, 7) is 1.98. The first-order chi connectivity index (χ1) is 17.0. The lowest BCUT2D eigenvalue weighted by atomic mass is 9.99. The zero-order valence-electron chi connectivity index (χ0n) is 19.1. The van der Waals surface area contributed by atoms with E-state index in [2.05, 4.69) is 49.6 Å². The Morgan fingerprint density at radius 3 is 2.89 bits per heavy atom. The molecule has 0 radical (unpaired) electrons. The van der Waals surface area contributed by atoms with E-state index in [0.29, 0.717) is 28.0 Å². The number of carbonyl (C=O) groups is 1. The summed E-state index contributed by atoms with van der Waals surface area (Å²) in [5, 5.41) is 12.3. The number of aryl methyl sites for hydroxylation is 2. The van der Waals surface area contributed by atoms with E-state index in [1.165, 1.54) is 17.7 Å². The lowest BCUT2D eigenvalue weighted by Gasteiger charge is -2.14. The quantitative estimate of drug-likeness (QED) is 0.373. The zero-order valence-corrected chi connectivity index (χ0v) is 19.9. The summed E-state index contributed by atoms with van der Waals surface area (Å²) < 4.78 is 2.59. The summed E-state index contributed by atoms with van der Waals surface area (Å²) in [5.41, 5.74) is 11.9. The molecule has 0 aliphatic rings.